The maximum absolute atomic E-state index is 12.6. The summed E-state index contributed by atoms with van der Waals surface area (Å²) in [7, 11) is 0. The van der Waals surface area contributed by atoms with Crippen LogP contribution in [0.2, 0.25) is 0 Å². The SMILES string of the molecule is Cc1cccc2c1nc(-c1ccc(-c3ccc4c(c3)CC=C4)cc1)n2C[C@@H]1CCN(C(=O)C2CC2)C1. The Balaban J connectivity index is 1.20. The predicted octanol–water partition coefficient (Wildman–Crippen LogP) is 6.51. The number of amides is 1. The lowest BCUT2D eigenvalue weighted by Gasteiger charge is -2.18. The Bertz CT molecular complexity index is 1510. The molecular formula is C32H31N3O. The Morgan fingerprint density at radius 2 is 1.78 bits per heavy atom. The van der Waals surface area contributed by atoms with Crippen LogP contribution in [0.25, 0.3) is 39.6 Å². The van der Waals surface area contributed by atoms with Gasteiger partial charge in [0, 0.05) is 31.1 Å². The highest BCUT2D eigenvalue weighted by Crippen LogP contribution is 2.35. The maximum atomic E-state index is 12.6. The van der Waals surface area contributed by atoms with E-state index in [0.29, 0.717) is 17.7 Å². The number of aryl methyl sites for hydroxylation is 1. The number of carbonyl (C=O) groups excluding carboxylic acids is 1. The van der Waals surface area contributed by atoms with E-state index in [0.717, 1.165) is 62.2 Å². The smallest absolute Gasteiger partial charge is 0.225 e. The normalized spacial score (nSPS) is 18.8. The Hall–Kier alpha value is -3.66. The average molecular weight is 474 g/mol. The summed E-state index contributed by atoms with van der Waals surface area (Å²) in [4.78, 5) is 19.9. The maximum Gasteiger partial charge on any atom is 0.225 e. The van der Waals surface area contributed by atoms with Crippen molar-refractivity contribution in [3.8, 4) is 22.5 Å². The van der Waals surface area contributed by atoms with Gasteiger partial charge in [0.2, 0.25) is 5.91 Å². The van der Waals surface area contributed by atoms with Crippen LogP contribution in [0.5, 0.6) is 0 Å². The minimum absolute atomic E-state index is 0.302. The van der Waals surface area contributed by atoms with Crippen LogP contribution in [0.3, 0.4) is 0 Å². The molecule has 1 saturated carbocycles. The zero-order valence-electron chi connectivity index (χ0n) is 20.8. The molecule has 1 atom stereocenters. The zero-order valence-corrected chi connectivity index (χ0v) is 20.8. The second kappa shape index (κ2) is 8.48. The summed E-state index contributed by atoms with van der Waals surface area (Å²) < 4.78 is 2.40. The highest BCUT2D eigenvalue weighted by molar-refractivity contribution is 5.84. The fourth-order valence-corrected chi connectivity index (χ4v) is 5.97. The van der Waals surface area contributed by atoms with Gasteiger partial charge in [-0.3, -0.25) is 4.79 Å². The fourth-order valence-electron chi connectivity index (χ4n) is 5.97. The van der Waals surface area contributed by atoms with Crippen molar-refractivity contribution in [3.63, 3.8) is 0 Å². The average Bonchev–Trinajstić information content (AvgIpc) is 3.30. The number of aromatic nitrogens is 2. The number of likely N-dealkylation sites (tertiary alicyclic amines) is 1. The van der Waals surface area contributed by atoms with E-state index < -0.39 is 0 Å². The Labute approximate surface area is 212 Å². The summed E-state index contributed by atoms with van der Waals surface area (Å²) in [6.45, 7) is 4.79. The lowest BCUT2D eigenvalue weighted by atomic mass is 9.99. The molecule has 2 heterocycles. The van der Waals surface area contributed by atoms with Crippen molar-refractivity contribution in [2.75, 3.05) is 13.1 Å². The molecule has 36 heavy (non-hydrogen) atoms. The number of allylic oxidation sites excluding steroid dienone is 1. The minimum Gasteiger partial charge on any atom is -0.342 e. The molecule has 0 N–H and O–H groups in total. The number of carbonyl (C=O) groups is 1. The lowest BCUT2D eigenvalue weighted by molar-refractivity contribution is -0.131. The van der Waals surface area contributed by atoms with Gasteiger partial charge in [-0.15, -0.1) is 0 Å². The minimum atomic E-state index is 0.302. The van der Waals surface area contributed by atoms with Crippen LogP contribution < -0.4 is 0 Å². The highest BCUT2D eigenvalue weighted by atomic mass is 16.2. The number of benzene rings is 3. The zero-order chi connectivity index (χ0) is 24.2. The number of rotatable bonds is 5. The van der Waals surface area contributed by atoms with E-state index >= 15 is 0 Å². The second-order valence-corrected chi connectivity index (χ2v) is 10.8. The van der Waals surface area contributed by atoms with Gasteiger partial charge in [0.15, 0.2) is 0 Å². The molecule has 0 spiro atoms. The summed E-state index contributed by atoms with van der Waals surface area (Å²) >= 11 is 0. The molecule has 4 heteroatoms. The van der Waals surface area contributed by atoms with Crippen molar-refractivity contribution < 1.29 is 4.79 Å². The summed E-state index contributed by atoms with van der Waals surface area (Å²) in [6.07, 6.45) is 8.68. The third-order valence-corrected chi connectivity index (χ3v) is 8.20. The molecule has 4 aromatic rings. The topological polar surface area (TPSA) is 38.1 Å². The summed E-state index contributed by atoms with van der Waals surface area (Å²) in [5.74, 6) is 2.16. The van der Waals surface area contributed by atoms with E-state index in [1.807, 2.05) is 0 Å². The van der Waals surface area contributed by atoms with Gasteiger partial charge in [-0.05, 0) is 72.4 Å². The Morgan fingerprint density at radius 1 is 0.972 bits per heavy atom. The van der Waals surface area contributed by atoms with Gasteiger partial charge in [-0.2, -0.15) is 0 Å². The number of fused-ring (bicyclic) bond motifs is 2. The molecule has 2 fully saturated rings. The van der Waals surface area contributed by atoms with Crippen molar-refractivity contribution in [1.29, 1.82) is 0 Å². The molecule has 0 radical (unpaired) electrons. The first-order chi connectivity index (χ1) is 17.6. The lowest BCUT2D eigenvalue weighted by Crippen LogP contribution is -2.30. The number of hydrogen-bond acceptors (Lipinski definition) is 2. The van der Waals surface area contributed by atoms with E-state index in [1.54, 1.807) is 0 Å². The van der Waals surface area contributed by atoms with Gasteiger partial charge in [-0.1, -0.05) is 66.7 Å². The van der Waals surface area contributed by atoms with Crippen molar-refractivity contribution >= 4 is 23.0 Å². The standard InChI is InChI=1S/C32H31N3O/c1-21-4-2-7-29-30(21)33-31(35(29)20-22-16-17-34(19-22)32(36)26-13-14-26)25-11-8-24(9-12-25)28-15-10-23-5-3-6-27(23)18-28/h2-5,7-12,15,18,22,26H,6,13-14,16-17,19-20H2,1H3/t22-/m1/s1. The molecule has 0 bridgehead atoms. The van der Waals surface area contributed by atoms with Crippen LogP contribution in [0, 0.1) is 18.8 Å². The summed E-state index contributed by atoms with van der Waals surface area (Å²) in [5, 5.41) is 0. The van der Waals surface area contributed by atoms with E-state index in [9.17, 15) is 4.79 Å². The van der Waals surface area contributed by atoms with Crippen LogP contribution >= 0.6 is 0 Å². The number of nitrogens with zero attached hydrogens (tertiary/aromatic N) is 3. The van der Waals surface area contributed by atoms with Gasteiger partial charge < -0.3 is 9.47 Å². The van der Waals surface area contributed by atoms with Crippen molar-refractivity contribution in [3.05, 3.63) is 83.4 Å². The van der Waals surface area contributed by atoms with Crippen LogP contribution in [0.15, 0.2) is 66.7 Å². The van der Waals surface area contributed by atoms with Crippen LogP contribution in [0.4, 0.5) is 0 Å². The van der Waals surface area contributed by atoms with Gasteiger partial charge in [0.05, 0.1) is 11.0 Å². The Kier molecular flexibility index (Phi) is 5.09. The number of imidazole rings is 1. The summed E-state index contributed by atoms with van der Waals surface area (Å²) in [5.41, 5.74) is 9.84. The molecule has 3 aliphatic rings. The molecule has 1 amide bonds. The van der Waals surface area contributed by atoms with Crippen molar-refractivity contribution in [2.24, 2.45) is 11.8 Å². The van der Waals surface area contributed by atoms with Crippen LogP contribution in [-0.4, -0.2) is 33.4 Å². The van der Waals surface area contributed by atoms with Gasteiger partial charge in [0.25, 0.3) is 0 Å². The first-order valence-corrected chi connectivity index (χ1v) is 13.3. The second-order valence-electron chi connectivity index (χ2n) is 10.8. The number of hydrogen-bond donors (Lipinski definition) is 0. The molecule has 180 valence electrons. The first kappa shape index (κ1) is 21.6. The predicted molar refractivity (Wildman–Crippen MR) is 145 cm³/mol. The third-order valence-electron chi connectivity index (χ3n) is 8.20. The van der Waals surface area contributed by atoms with Gasteiger partial charge in [-0.25, -0.2) is 4.98 Å². The molecule has 7 rings (SSSR count). The van der Waals surface area contributed by atoms with Crippen molar-refractivity contribution in [2.45, 2.75) is 39.2 Å². The van der Waals surface area contributed by atoms with Gasteiger partial charge in [0.1, 0.15) is 5.82 Å². The molecule has 1 aliphatic heterocycles. The molecular weight excluding hydrogens is 442 g/mol. The monoisotopic (exact) mass is 473 g/mol. The van der Waals surface area contributed by atoms with Crippen molar-refractivity contribution in [1.82, 2.24) is 14.5 Å². The number of para-hydroxylation sites is 1. The van der Waals surface area contributed by atoms with Gasteiger partial charge >= 0.3 is 0 Å². The first-order valence-electron chi connectivity index (χ1n) is 13.3. The highest BCUT2D eigenvalue weighted by Gasteiger charge is 2.36. The van der Waals surface area contributed by atoms with Crippen LogP contribution in [-0.2, 0) is 17.8 Å². The van der Waals surface area contributed by atoms with E-state index in [4.69, 9.17) is 4.98 Å². The van der Waals surface area contributed by atoms with Crippen LogP contribution in [0.1, 0.15) is 36.0 Å². The quantitative estimate of drug-likeness (QED) is 0.332. The van der Waals surface area contributed by atoms with E-state index in [-0.39, 0.29) is 0 Å². The van der Waals surface area contributed by atoms with E-state index in [1.165, 1.54) is 33.3 Å². The molecule has 1 saturated heterocycles. The Morgan fingerprint density at radius 3 is 2.61 bits per heavy atom. The fraction of sp³-hybridized carbons (Fsp3) is 0.312. The molecule has 0 unspecified atom stereocenters. The third kappa shape index (κ3) is 3.76. The molecule has 3 aromatic carbocycles. The largest absolute Gasteiger partial charge is 0.342 e. The molecule has 1 aromatic heterocycles. The molecule has 4 nitrogen and oxygen atoms in total. The van der Waals surface area contributed by atoms with E-state index in [2.05, 4.69) is 89.2 Å². The molecule has 2 aliphatic carbocycles. The summed E-state index contributed by atoms with van der Waals surface area (Å²) in [6, 6.07) is 22.1.